The molecular weight excluding hydrogens is 282 g/mol. The van der Waals surface area contributed by atoms with Gasteiger partial charge < -0.3 is 14.7 Å². The van der Waals surface area contributed by atoms with Gasteiger partial charge >= 0.3 is 5.97 Å². The van der Waals surface area contributed by atoms with Gasteiger partial charge in [0.05, 0.1) is 24.2 Å². The molecule has 0 aromatic heterocycles. The molecule has 0 atom stereocenters. The fourth-order valence-electron chi connectivity index (χ4n) is 3.43. The van der Waals surface area contributed by atoms with E-state index in [1.807, 2.05) is 4.90 Å². The second-order valence-corrected chi connectivity index (χ2v) is 6.23. The first-order chi connectivity index (χ1) is 10.6. The Kier molecular flexibility index (Phi) is 4.16. The van der Waals surface area contributed by atoms with Crippen molar-refractivity contribution >= 4 is 11.9 Å². The zero-order chi connectivity index (χ0) is 15.6. The van der Waals surface area contributed by atoms with Crippen molar-refractivity contribution in [3.05, 3.63) is 35.4 Å². The predicted molar refractivity (Wildman–Crippen MR) is 80.8 cm³/mol. The summed E-state index contributed by atoms with van der Waals surface area (Å²) in [5.74, 6) is -0.855. The fourth-order valence-corrected chi connectivity index (χ4v) is 3.43. The lowest BCUT2D eigenvalue weighted by molar-refractivity contribution is -0.149. The van der Waals surface area contributed by atoms with Crippen LogP contribution in [-0.2, 0) is 16.0 Å². The van der Waals surface area contributed by atoms with E-state index in [0.717, 1.165) is 18.4 Å². The van der Waals surface area contributed by atoms with Gasteiger partial charge in [-0.2, -0.15) is 0 Å². The number of carboxylic acids is 1. The maximum Gasteiger partial charge on any atom is 0.335 e. The van der Waals surface area contributed by atoms with Gasteiger partial charge in [-0.05, 0) is 30.5 Å². The highest BCUT2D eigenvalue weighted by atomic mass is 16.5. The normalized spacial score (nSPS) is 20.3. The van der Waals surface area contributed by atoms with Crippen LogP contribution in [0.3, 0.4) is 0 Å². The van der Waals surface area contributed by atoms with Gasteiger partial charge in [0.1, 0.15) is 0 Å². The molecule has 5 heteroatoms. The number of aromatic carboxylic acids is 1. The zero-order valence-corrected chi connectivity index (χ0v) is 12.6. The van der Waals surface area contributed by atoms with Gasteiger partial charge in [0, 0.05) is 13.1 Å². The van der Waals surface area contributed by atoms with Crippen molar-refractivity contribution in [2.75, 3.05) is 19.7 Å². The Bertz CT molecular complexity index is 561. The average Bonchev–Trinajstić information content (AvgIpc) is 2.95. The summed E-state index contributed by atoms with van der Waals surface area (Å²) >= 11 is 0. The van der Waals surface area contributed by atoms with Crippen LogP contribution in [0.2, 0.25) is 0 Å². The van der Waals surface area contributed by atoms with Gasteiger partial charge in [-0.25, -0.2) is 4.79 Å². The van der Waals surface area contributed by atoms with Crippen LogP contribution in [0.25, 0.3) is 0 Å². The van der Waals surface area contributed by atoms with E-state index in [2.05, 4.69) is 0 Å². The molecule has 1 aromatic rings. The van der Waals surface area contributed by atoms with Gasteiger partial charge in [0.2, 0.25) is 5.91 Å². The van der Waals surface area contributed by atoms with Crippen molar-refractivity contribution in [1.82, 2.24) is 4.90 Å². The van der Waals surface area contributed by atoms with Crippen molar-refractivity contribution in [2.24, 2.45) is 0 Å². The number of carboxylic acid groups (broad SMARTS) is 1. The largest absolute Gasteiger partial charge is 0.478 e. The molecule has 0 bridgehead atoms. The Morgan fingerprint density at radius 1 is 1.18 bits per heavy atom. The maximum atomic E-state index is 12.5. The molecule has 5 nitrogen and oxygen atoms in total. The monoisotopic (exact) mass is 303 g/mol. The first-order valence-electron chi connectivity index (χ1n) is 7.82. The molecule has 0 unspecified atom stereocenters. The Hall–Kier alpha value is -1.88. The summed E-state index contributed by atoms with van der Waals surface area (Å²) in [5, 5.41) is 8.89. The first-order valence-corrected chi connectivity index (χ1v) is 7.82. The lowest BCUT2D eigenvalue weighted by Crippen LogP contribution is -2.52. The molecule has 1 spiro atoms. The van der Waals surface area contributed by atoms with E-state index in [-0.39, 0.29) is 17.1 Å². The van der Waals surface area contributed by atoms with Gasteiger partial charge in [0.15, 0.2) is 0 Å². The van der Waals surface area contributed by atoms with E-state index in [1.165, 1.54) is 12.8 Å². The minimum Gasteiger partial charge on any atom is -0.478 e. The second kappa shape index (κ2) is 6.08. The molecule has 1 aliphatic carbocycles. The van der Waals surface area contributed by atoms with Crippen LogP contribution in [0.15, 0.2) is 24.3 Å². The molecule has 22 heavy (non-hydrogen) atoms. The third-order valence-electron chi connectivity index (χ3n) is 4.67. The zero-order valence-electron chi connectivity index (χ0n) is 12.6. The van der Waals surface area contributed by atoms with Gasteiger partial charge in [0.25, 0.3) is 0 Å². The average molecular weight is 303 g/mol. The predicted octanol–water partition coefficient (Wildman–Crippen LogP) is 2.10. The molecule has 1 saturated heterocycles. The lowest BCUT2D eigenvalue weighted by atomic mass is 9.99. The molecule has 1 aliphatic heterocycles. The number of carbonyl (C=O) groups excluding carboxylic acids is 1. The van der Waals surface area contributed by atoms with Gasteiger partial charge in [-0.1, -0.05) is 25.0 Å². The number of benzene rings is 1. The van der Waals surface area contributed by atoms with Crippen LogP contribution >= 0.6 is 0 Å². The van der Waals surface area contributed by atoms with E-state index in [0.29, 0.717) is 26.1 Å². The number of amides is 1. The Morgan fingerprint density at radius 2 is 1.86 bits per heavy atom. The van der Waals surface area contributed by atoms with Crippen molar-refractivity contribution in [1.29, 1.82) is 0 Å². The standard InChI is InChI=1S/C17H21NO4/c19-15(11-13-3-5-14(6-4-13)16(20)21)18-9-10-22-17(12-18)7-1-2-8-17/h3-6H,1-2,7-12H2,(H,20,21). The molecular formula is C17H21NO4. The van der Waals surface area contributed by atoms with Crippen LogP contribution in [0, 0.1) is 0 Å². The van der Waals surface area contributed by atoms with Gasteiger partial charge in [-0.3, -0.25) is 4.79 Å². The Balaban J connectivity index is 1.62. The van der Waals surface area contributed by atoms with E-state index >= 15 is 0 Å². The molecule has 1 aromatic carbocycles. The quantitative estimate of drug-likeness (QED) is 0.928. The van der Waals surface area contributed by atoms with Crippen LogP contribution in [-0.4, -0.2) is 47.2 Å². The van der Waals surface area contributed by atoms with Crippen molar-refractivity contribution in [3.8, 4) is 0 Å². The Morgan fingerprint density at radius 3 is 2.50 bits per heavy atom. The smallest absolute Gasteiger partial charge is 0.335 e. The van der Waals surface area contributed by atoms with E-state index in [1.54, 1.807) is 24.3 Å². The van der Waals surface area contributed by atoms with Crippen molar-refractivity contribution < 1.29 is 19.4 Å². The third-order valence-corrected chi connectivity index (χ3v) is 4.67. The molecule has 1 N–H and O–H groups in total. The number of carbonyl (C=O) groups is 2. The molecule has 118 valence electrons. The summed E-state index contributed by atoms with van der Waals surface area (Å²) in [5.41, 5.74) is 0.982. The second-order valence-electron chi connectivity index (χ2n) is 6.23. The number of hydrogen-bond donors (Lipinski definition) is 1. The van der Waals surface area contributed by atoms with Gasteiger partial charge in [-0.15, -0.1) is 0 Å². The van der Waals surface area contributed by atoms with E-state index in [4.69, 9.17) is 9.84 Å². The van der Waals surface area contributed by atoms with Crippen LogP contribution in [0.1, 0.15) is 41.6 Å². The summed E-state index contributed by atoms with van der Waals surface area (Å²) in [6, 6.07) is 6.52. The number of nitrogens with zero attached hydrogens (tertiary/aromatic N) is 1. The van der Waals surface area contributed by atoms with Crippen LogP contribution in [0.4, 0.5) is 0 Å². The van der Waals surface area contributed by atoms with E-state index in [9.17, 15) is 9.59 Å². The summed E-state index contributed by atoms with van der Waals surface area (Å²) in [6.45, 7) is 1.95. The SMILES string of the molecule is O=C(O)c1ccc(CC(=O)N2CCOC3(CCCC3)C2)cc1. The number of hydrogen-bond acceptors (Lipinski definition) is 3. The Labute approximate surface area is 129 Å². The first kappa shape index (κ1) is 15.0. The van der Waals surface area contributed by atoms with Crippen LogP contribution < -0.4 is 0 Å². The van der Waals surface area contributed by atoms with Crippen LogP contribution in [0.5, 0.6) is 0 Å². The minimum atomic E-state index is -0.950. The van der Waals surface area contributed by atoms with Crippen molar-refractivity contribution in [3.63, 3.8) is 0 Å². The third kappa shape index (κ3) is 3.14. The fraction of sp³-hybridized carbons (Fsp3) is 0.529. The highest BCUT2D eigenvalue weighted by Crippen LogP contribution is 2.35. The molecule has 1 heterocycles. The van der Waals surface area contributed by atoms with Crippen molar-refractivity contribution in [2.45, 2.75) is 37.7 Å². The topological polar surface area (TPSA) is 66.8 Å². The molecule has 0 radical (unpaired) electrons. The van der Waals surface area contributed by atoms with E-state index < -0.39 is 5.97 Å². The summed E-state index contributed by atoms with van der Waals surface area (Å²) < 4.78 is 5.94. The molecule has 3 rings (SSSR count). The summed E-state index contributed by atoms with van der Waals surface area (Å²) in [6.07, 6.45) is 4.77. The molecule has 1 amide bonds. The summed E-state index contributed by atoms with van der Waals surface area (Å²) in [7, 11) is 0. The lowest BCUT2D eigenvalue weighted by Gasteiger charge is -2.40. The minimum absolute atomic E-state index is 0.0950. The molecule has 2 aliphatic rings. The summed E-state index contributed by atoms with van der Waals surface area (Å²) in [4.78, 5) is 25.2. The highest BCUT2D eigenvalue weighted by Gasteiger charge is 2.40. The molecule has 1 saturated carbocycles. The number of ether oxygens (including phenoxy) is 1. The maximum absolute atomic E-state index is 12.5. The number of morpholine rings is 1. The number of rotatable bonds is 3. The highest BCUT2D eigenvalue weighted by molar-refractivity contribution is 5.87. The molecule has 2 fully saturated rings.